The van der Waals surface area contributed by atoms with Gasteiger partial charge in [0.2, 0.25) is 5.91 Å². The predicted octanol–water partition coefficient (Wildman–Crippen LogP) is 3.61. The van der Waals surface area contributed by atoms with Crippen molar-refractivity contribution in [2.24, 2.45) is 5.92 Å². The third-order valence-corrected chi connectivity index (χ3v) is 4.71. The first-order chi connectivity index (χ1) is 9.78. The van der Waals surface area contributed by atoms with E-state index < -0.39 is 0 Å². The highest BCUT2D eigenvalue weighted by atomic mass is 32.2. The van der Waals surface area contributed by atoms with Crippen molar-refractivity contribution < 1.29 is 4.79 Å². The Hall–Kier alpha value is -0.970. The minimum Gasteiger partial charge on any atom is -0.309 e. The number of anilines is 1. The van der Waals surface area contributed by atoms with Gasteiger partial charge in [-0.25, -0.2) is 0 Å². The minimum atomic E-state index is 0.0571. The second kappa shape index (κ2) is 8.35. The number of aromatic amines is 1. The minimum absolute atomic E-state index is 0.0571. The van der Waals surface area contributed by atoms with Crippen LogP contribution in [0, 0.1) is 5.92 Å². The van der Waals surface area contributed by atoms with E-state index in [0.717, 1.165) is 29.5 Å². The molecule has 0 saturated heterocycles. The van der Waals surface area contributed by atoms with Gasteiger partial charge in [-0.2, -0.15) is 16.9 Å². The molecule has 4 nitrogen and oxygen atoms in total. The summed E-state index contributed by atoms with van der Waals surface area (Å²) in [6.45, 7) is 2.10. The number of H-pyrrole nitrogens is 1. The van der Waals surface area contributed by atoms with Gasteiger partial charge < -0.3 is 5.32 Å². The van der Waals surface area contributed by atoms with Crippen molar-refractivity contribution >= 4 is 23.5 Å². The van der Waals surface area contributed by atoms with Gasteiger partial charge in [0.15, 0.2) is 5.82 Å². The maximum Gasteiger partial charge on any atom is 0.226 e. The normalized spacial score (nSPS) is 16.2. The topological polar surface area (TPSA) is 57.8 Å². The molecule has 1 fully saturated rings. The Bertz CT molecular complexity index is 413. The SMILES string of the molecule is CCSCCC(=O)Nc1cc(CC2CCCCC2)[nH]n1. The molecule has 1 aliphatic carbocycles. The summed E-state index contributed by atoms with van der Waals surface area (Å²) in [6, 6.07) is 1.99. The second-order valence-electron chi connectivity index (χ2n) is 5.48. The maximum atomic E-state index is 11.7. The van der Waals surface area contributed by atoms with Crippen LogP contribution in [-0.2, 0) is 11.2 Å². The van der Waals surface area contributed by atoms with E-state index in [9.17, 15) is 4.79 Å². The average molecular weight is 295 g/mol. The Morgan fingerprint density at radius 3 is 3.00 bits per heavy atom. The molecule has 112 valence electrons. The fourth-order valence-corrected chi connectivity index (χ4v) is 3.37. The highest BCUT2D eigenvalue weighted by Crippen LogP contribution is 2.26. The molecule has 1 heterocycles. The van der Waals surface area contributed by atoms with Crippen LogP contribution in [0.3, 0.4) is 0 Å². The average Bonchev–Trinajstić information content (AvgIpc) is 2.87. The van der Waals surface area contributed by atoms with Crippen LogP contribution in [0.4, 0.5) is 5.82 Å². The standard InChI is InChI=1S/C15H25N3OS/c1-2-20-9-8-15(19)16-14-11-13(17-18-14)10-12-6-4-3-5-7-12/h11-12H,2-10H2,1H3,(H2,16,17,18,19). The van der Waals surface area contributed by atoms with Gasteiger partial charge in [0.1, 0.15) is 0 Å². The molecule has 1 aromatic heterocycles. The van der Waals surface area contributed by atoms with E-state index in [1.165, 1.54) is 32.1 Å². The Morgan fingerprint density at radius 2 is 2.25 bits per heavy atom. The molecule has 1 aromatic rings. The molecular weight excluding hydrogens is 270 g/mol. The molecule has 0 atom stereocenters. The van der Waals surface area contributed by atoms with Gasteiger partial charge in [-0.05, 0) is 18.1 Å². The number of thioether (sulfide) groups is 1. The fraction of sp³-hybridized carbons (Fsp3) is 0.733. The zero-order valence-electron chi connectivity index (χ0n) is 12.3. The van der Waals surface area contributed by atoms with Gasteiger partial charge in [-0.15, -0.1) is 0 Å². The Balaban J connectivity index is 1.75. The highest BCUT2D eigenvalue weighted by molar-refractivity contribution is 7.99. The van der Waals surface area contributed by atoms with Crippen molar-refractivity contribution in [3.63, 3.8) is 0 Å². The molecular formula is C15H25N3OS. The molecule has 0 unspecified atom stereocenters. The zero-order valence-corrected chi connectivity index (χ0v) is 13.1. The lowest BCUT2D eigenvalue weighted by atomic mass is 9.86. The lowest BCUT2D eigenvalue weighted by molar-refractivity contribution is -0.115. The van der Waals surface area contributed by atoms with Crippen LogP contribution in [0.15, 0.2) is 6.07 Å². The van der Waals surface area contributed by atoms with Crippen molar-refractivity contribution in [3.8, 4) is 0 Å². The Kier molecular flexibility index (Phi) is 6.43. The van der Waals surface area contributed by atoms with E-state index in [1.807, 2.05) is 6.07 Å². The molecule has 0 spiro atoms. The molecule has 1 aliphatic rings. The summed E-state index contributed by atoms with van der Waals surface area (Å²) in [4.78, 5) is 11.7. The van der Waals surface area contributed by atoms with Gasteiger partial charge >= 0.3 is 0 Å². The summed E-state index contributed by atoms with van der Waals surface area (Å²) in [7, 11) is 0. The van der Waals surface area contributed by atoms with Crippen LogP contribution in [0.1, 0.15) is 51.1 Å². The summed E-state index contributed by atoms with van der Waals surface area (Å²) in [5, 5.41) is 10.1. The maximum absolute atomic E-state index is 11.7. The van der Waals surface area contributed by atoms with Crippen molar-refractivity contribution in [2.45, 2.75) is 51.9 Å². The quantitative estimate of drug-likeness (QED) is 0.755. The molecule has 1 amide bonds. The third kappa shape index (κ3) is 5.19. The van der Waals surface area contributed by atoms with Crippen LogP contribution >= 0.6 is 11.8 Å². The highest BCUT2D eigenvalue weighted by Gasteiger charge is 2.15. The zero-order chi connectivity index (χ0) is 14.2. The molecule has 1 saturated carbocycles. The molecule has 5 heteroatoms. The van der Waals surface area contributed by atoms with Crippen LogP contribution in [0.5, 0.6) is 0 Å². The van der Waals surface area contributed by atoms with Crippen LogP contribution in [0.2, 0.25) is 0 Å². The fourth-order valence-electron chi connectivity index (χ4n) is 2.75. The third-order valence-electron chi connectivity index (χ3n) is 3.81. The van der Waals surface area contributed by atoms with Crippen molar-refractivity contribution in [1.82, 2.24) is 10.2 Å². The van der Waals surface area contributed by atoms with E-state index in [-0.39, 0.29) is 5.91 Å². The molecule has 2 N–H and O–H groups in total. The van der Waals surface area contributed by atoms with Gasteiger partial charge in [-0.1, -0.05) is 39.0 Å². The number of carbonyl (C=O) groups excluding carboxylic acids is 1. The number of rotatable bonds is 7. The number of nitrogens with zero attached hydrogens (tertiary/aromatic N) is 1. The van der Waals surface area contributed by atoms with E-state index in [0.29, 0.717) is 12.2 Å². The Labute approximate surface area is 125 Å². The van der Waals surface area contributed by atoms with Crippen LogP contribution < -0.4 is 5.32 Å². The van der Waals surface area contributed by atoms with Crippen LogP contribution in [-0.4, -0.2) is 27.6 Å². The first-order valence-corrected chi connectivity index (χ1v) is 8.85. The molecule has 0 bridgehead atoms. The lowest BCUT2D eigenvalue weighted by Gasteiger charge is -2.20. The second-order valence-corrected chi connectivity index (χ2v) is 6.88. The number of amides is 1. The summed E-state index contributed by atoms with van der Waals surface area (Å²) < 4.78 is 0. The first-order valence-electron chi connectivity index (χ1n) is 7.69. The van der Waals surface area contributed by atoms with E-state index >= 15 is 0 Å². The van der Waals surface area contributed by atoms with E-state index in [4.69, 9.17) is 0 Å². The summed E-state index contributed by atoms with van der Waals surface area (Å²) in [6.07, 6.45) is 8.38. The molecule has 0 aliphatic heterocycles. The van der Waals surface area contributed by atoms with Gasteiger partial charge in [0, 0.05) is 23.9 Å². The van der Waals surface area contributed by atoms with Crippen molar-refractivity contribution in [1.29, 1.82) is 0 Å². The van der Waals surface area contributed by atoms with Crippen molar-refractivity contribution in [2.75, 3.05) is 16.8 Å². The smallest absolute Gasteiger partial charge is 0.226 e. The summed E-state index contributed by atoms with van der Waals surface area (Å²) >= 11 is 1.79. The number of nitrogens with one attached hydrogen (secondary N) is 2. The number of hydrogen-bond acceptors (Lipinski definition) is 3. The number of hydrogen-bond donors (Lipinski definition) is 2. The van der Waals surface area contributed by atoms with Gasteiger partial charge in [0.25, 0.3) is 0 Å². The van der Waals surface area contributed by atoms with E-state index in [1.54, 1.807) is 11.8 Å². The molecule has 0 aromatic carbocycles. The summed E-state index contributed by atoms with van der Waals surface area (Å²) in [5.41, 5.74) is 1.15. The van der Waals surface area contributed by atoms with Crippen LogP contribution in [0.25, 0.3) is 0 Å². The first kappa shape index (κ1) is 15.4. The molecule has 20 heavy (non-hydrogen) atoms. The Morgan fingerprint density at radius 1 is 1.45 bits per heavy atom. The van der Waals surface area contributed by atoms with Crippen molar-refractivity contribution in [3.05, 3.63) is 11.8 Å². The van der Waals surface area contributed by atoms with Gasteiger partial charge in [-0.3, -0.25) is 9.89 Å². The summed E-state index contributed by atoms with van der Waals surface area (Å²) in [5.74, 6) is 3.45. The molecule has 0 radical (unpaired) electrons. The largest absolute Gasteiger partial charge is 0.309 e. The number of carbonyl (C=O) groups is 1. The predicted molar refractivity (Wildman–Crippen MR) is 85.1 cm³/mol. The van der Waals surface area contributed by atoms with Gasteiger partial charge in [0.05, 0.1) is 0 Å². The lowest BCUT2D eigenvalue weighted by Crippen LogP contribution is -2.12. The van der Waals surface area contributed by atoms with E-state index in [2.05, 4.69) is 22.4 Å². The number of aromatic nitrogens is 2. The monoisotopic (exact) mass is 295 g/mol. The molecule has 2 rings (SSSR count).